The van der Waals surface area contributed by atoms with Crippen molar-refractivity contribution >= 4 is 11.9 Å². The fourth-order valence-electron chi connectivity index (χ4n) is 2.35. The van der Waals surface area contributed by atoms with E-state index in [1.807, 2.05) is 60.7 Å². The molecule has 23 heavy (non-hydrogen) atoms. The van der Waals surface area contributed by atoms with Gasteiger partial charge in [0.25, 0.3) is 0 Å². The summed E-state index contributed by atoms with van der Waals surface area (Å²) < 4.78 is 5.30. The first kappa shape index (κ1) is 14.6. The molecule has 0 radical (unpaired) electrons. The minimum absolute atomic E-state index is 0.275. The maximum absolute atomic E-state index is 8.78. The second kappa shape index (κ2) is 7.11. The van der Waals surface area contributed by atoms with Gasteiger partial charge in [0, 0.05) is 10.6 Å². The van der Waals surface area contributed by atoms with Gasteiger partial charge in [0.1, 0.15) is 11.8 Å². The molecule has 0 aliphatic carbocycles. The average Bonchev–Trinajstić information content (AvgIpc) is 3.11. The molecule has 1 heterocycles. The van der Waals surface area contributed by atoms with Gasteiger partial charge in [-0.2, -0.15) is 0 Å². The van der Waals surface area contributed by atoms with Crippen molar-refractivity contribution in [1.82, 2.24) is 0 Å². The maximum Gasteiger partial charge on any atom is 0.144 e. The molecule has 112 valence electrons. The number of hydrogen-bond acceptors (Lipinski definition) is 3. The molecule has 0 spiro atoms. The quantitative estimate of drug-likeness (QED) is 0.268. The Bertz CT molecular complexity index is 834. The van der Waals surface area contributed by atoms with Crippen LogP contribution in [0.25, 0.3) is 10.4 Å². The first-order chi connectivity index (χ1) is 11.4. The Hall–Kier alpha value is -3.30. The van der Waals surface area contributed by atoms with Crippen molar-refractivity contribution in [2.45, 2.75) is 6.04 Å². The van der Waals surface area contributed by atoms with E-state index in [0.29, 0.717) is 11.4 Å². The van der Waals surface area contributed by atoms with Gasteiger partial charge in [0.2, 0.25) is 0 Å². The van der Waals surface area contributed by atoms with Crippen LogP contribution in [0.2, 0.25) is 0 Å². The van der Waals surface area contributed by atoms with Gasteiger partial charge in [0.15, 0.2) is 0 Å². The molecule has 0 aliphatic rings. The molecular formula is C18H14N4O. The normalized spacial score (nSPS) is 12.0. The van der Waals surface area contributed by atoms with Crippen molar-refractivity contribution in [1.29, 1.82) is 0 Å². The fraction of sp³-hybridized carbons (Fsp3) is 0.0556. The molecule has 1 aromatic heterocycles. The Morgan fingerprint density at radius 1 is 0.957 bits per heavy atom. The molecule has 0 saturated carbocycles. The highest BCUT2D eigenvalue weighted by Gasteiger charge is 2.15. The number of benzene rings is 2. The van der Waals surface area contributed by atoms with E-state index in [1.54, 1.807) is 18.5 Å². The summed E-state index contributed by atoms with van der Waals surface area (Å²) in [4.78, 5) is 7.55. The third-order valence-corrected chi connectivity index (χ3v) is 3.39. The van der Waals surface area contributed by atoms with Gasteiger partial charge in [-0.3, -0.25) is 4.99 Å². The van der Waals surface area contributed by atoms with Crippen LogP contribution in [0.4, 0.5) is 5.69 Å². The van der Waals surface area contributed by atoms with Crippen molar-refractivity contribution in [3.8, 4) is 0 Å². The molecular weight excluding hydrogens is 288 g/mol. The van der Waals surface area contributed by atoms with Crippen LogP contribution in [0.3, 0.4) is 0 Å². The summed E-state index contributed by atoms with van der Waals surface area (Å²) in [5.74, 6) is 0.673. The molecule has 1 atom stereocenters. The highest BCUT2D eigenvalue weighted by molar-refractivity contribution is 5.76. The van der Waals surface area contributed by atoms with Gasteiger partial charge in [-0.1, -0.05) is 59.7 Å². The zero-order chi connectivity index (χ0) is 15.9. The van der Waals surface area contributed by atoms with E-state index in [-0.39, 0.29) is 6.04 Å². The molecule has 0 saturated heterocycles. The minimum atomic E-state index is -0.275. The van der Waals surface area contributed by atoms with E-state index < -0.39 is 0 Å². The van der Waals surface area contributed by atoms with Crippen LogP contribution < -0.4 is 0 Å². The van der Waals surface area contributed by atoms with E-state index >= 15 is 0 Å². The number of nitrogens with zero attached hydrogens (tertiary/aromatic N) is 4. The second-order valence-corrected chi connectivity index (χ2v) is 4.86. The third-order valence-electron chi connectivity index (χ3n) is 3.39. The fourth-order valence-corrected chi connectivity index (χ4v) is 2.35. The molecule has 0 aliphatic heterocycles. The number of furan rings is 1. The van der Waals surface area contributed by atoms with Crippen LogP contribution in [0.15, 0.2) is 87.5 Å². The van der Waals surface area contributed by atoms with Crippen molar-refractivity contribution in [3.63, 3.8) is 0 Å². The number of azide groups is 1. The topological polar surface area (TPSA) is 74.3 Å². The first-order valence-corrected chi connectivity index (χ1v) is 7.14. The number of hydrogen-bond donors (Lipinski definition) is 0. The van der Waals surface area contributed by atoms with E-state index in [0.717, 1.165) is 11.1 Å². The summed E-state index contributed by atoms with van der Waals surface area (Å²) >= 11 is 0. The standard InChI is InChI=1S/C18H14N4O/c19-22-21-17-11-5-4-10-16(17)18(14-7-2-1-3-8-14)20-13-15-9-6-12-23-15/h1-13,18H/t18-/m0/s1. The second-order valence-electron chi connectivity index (χ2n) is 4.86. The van der Waals surface area contributed by atoms with Crippen molar-refractivity contribution in [2.75, 3.05) is 0 Å². The highest BCUT2D eigenvalue weighted by Crippen LogP contribution is 2.33. The van der Waals surface area contributed by atoms with Crippen molar-refractivity contribution in [2.24, 2.45) is 10.1 Å². The Morgan fingerprint density at radius 2 is 1.74 bits per heavy atom. The summed E-state index contributed by atoms with van der Waals surface area (Å²) in [5.41, 5.74) is 11.2. The lowest BCUT2D eigenvalue weighted by molar-refractivity contribution is 0.559. The predicted molar refractivity (Wildman–Crippen MR) is 89.8 cm³/mol. The molecule has 0 N–H and O–H groups in total. The van der Waals surface area contributed by atoms with Gasteiger partial charge in [0.05, 0.1) is 12.5 Å². The first-order valence-electron chi connectivity index (χ1n) is 7.14. The Balaban J connectivity index is 2.07. The lowest BCUT2D eigenvalue weighted by Crippen LogP contribution is -1.99. The van der Waals surface area contributed by atoms with Gasteiger partial charge in [-0.15, -0.1) is 0 Å². The minimum Gasteiger partial charge on any atom is -0.463 e. The van der Waals surface area contributed by atoms with Crippen LogP contribution in [0, 0.1) is 0 Å². The summed E-state index contributed by atoms with van der Waals surface area (Å²) in [7, 11) is 0. The summed E-state index contributed by atoms with van der Waals surface area (Å²) in [6.07, 6.45) is 3.29. The predicted octanol–water partition coefficient (Wildman–Crippen LogP) is 5.43. The summed E-state index contributed by atoms with van der Waals surface area (Å²) in [5, 5.41) is 3.78. The lowest BCUT2D eigenvalue weighted by atomic mass is 9.98. The SMILES string of the molecule is [N-]=[N+]=Nc1ccccc1[C@@H](N=Cc1ccco1)c1ccccc1. The zero-order valence-electron chi connectivity index (χ0n) is 12.3. The van der Waals surface area contributed by atoms with Crippen LogP contribution in [-0.2, 0) is 0 Å². The maximum atomic E-state index is 8.78. The number of aliphatic imine (C=N–C) groups is 1. The molecule has 5 nitrogen and oxygen atoms in total. The lowest BCUT2D eigenvalue weighted by Gasteiger charge is -2.15. The largest absolute Gasteiger partial charge is 0.463 e. The van der Waals surface area contributed by atoms with Gasteiger partial charge in [-0.05, 0) is 28.8 Å². The molecule has 3 aromatic rings. The Morgan fingerprint density at radius 3 is 2.48 bits per heavy atom. The van der Waals surface area contributed by atoms with Crippen molar-refractivity contribution < 1.29 is 4.42 Å². The number of rotatable bonds is 5. The van der Waals surface area contributed by atoms with Crippen LogP contribution in [0.5, 0.6) is 0 Å². The van der Waals surface area contributed by atoms with E-state index in [4.69, 9.17) is 9.95 Å². The third kappa shape index (κ3) is 3.48. The van der Waals surface area contributed by atoms with E-state index in [2.05, 4.69) is 15.0 Å². The summed E-state index contributed by atoms with van der Waals surface area (Å²) in [6.45, 7) is 0. The Kier molecular flexibility index (Phi) is 4.52. The van der Waals surface area contributed by atoms with Gasteiger partial charge in [-0.25, -0.2) is 0 Å². The molecule has 0 bridgehead atoms. The van der Waals surface area contributed by atoms with Crippen LogP contribution in [0.1, 0.15) is 22.9 Å². The van der Waals surface area contributed by atoms with Gasteiger partial charge < -0.3 is 4.42 Å². The van der Waals surface area contributed by atoms with E-state index in [1.165, 1.54) is 0 Å². The van der Waals surface area contributed by atoms with Crippen LogP contribution in [-0.4, -0.2) is 6.21 Å². The van der Waals surface area contributed by atoms with Crippen LogP contribution >= 0.6 is 0 Å². The monoisotopic (exact) mass is 302 g/mol. The molecule has 0 fully saturated rings. The van der Waals surface area contributed by atoms with Crippen molar-refractivity contribution in [3.05, 3.63) is 100 Å². The summed E-state index contributed by atoms with van der Waals surface area (Å²) in [6, 6.07) is 20.7. The molecule has 0 amide bonds. The molecule has 2 aromatic carbocycles. The average molecular weight is 302 g/mol. The zero-order valence-corrected chi connectivity index (χ0v) is 12.3. The molecule has 5 heteroatoms. The Labute approximate surface area is 133 Å². The molecule has 0 unspecified atom stereocenters. The van der Waals surface area contributed by atoms with E-state index in [9.17, 15) is 0 Å². The highest BCUT2D eigenvalue weighted by atomic mass is 16.3. The smallest absolute Gasteiger partial charge is 0.144 e. The molecule has 3 rings (SSSR count). The van der Waals surface area contributed by atoms with Gasteiger partial charge >= 0.3 is 0 Å².